The average molecular weight is 605 g/mol. The molecule has 226 valence electrons. The Kier molecular flexibility index (Phi) is 9.20. The minimum Gasteiger partial charge on any atom is -0.462 e. The topological polar surface area (TPSA) is 150 Å². The number of aromatic nitrogens is 4. The number of benzene rings is 1. The maximum absolute atomic E-state index is 16.3. The molecule has 2 N–H and O–H groups in total. The highest BCUT2D eigenvalue weighted by Crippen LogP contribution is 2.48. The molecule has 0 spiro atoms. The summed E-state index contributed by atoms with van der Waals surface area (Å²) in [7, 11) is -0.778. The van der Waals surface area contributed by atoms with Crippen LogP contribution in [0.3, 0.4) is 0 Å². The molecule has 1 fully saturated rings. The normalized spacial score (nSPS) is 24.2. The molecule has 42 heavy (non-hydrogen) atoms. The predicted molar refractivity (Wildman–Crippen MR) is 151 cm³/mol. The fraction of sp³-hybridized carbons (Fsp3) is 0.481. The monoisotopic (exact) mass is 604 g/mol. The molecule has 3 aromatic rings. The van der Waals surface area contributed by atoms with Crippen LogP contribution in [0.2, 0.25) is 0 Å². The van der Waals surface area contributed by atoms with Gasteiger partial charge in [0.1, 0.15) is 29.8 Å². The Hall–Kier alpha value is -3.60. The summed E-state index contributed by atoms with van der Waals surface area (Å²) in [5.41, 5.74) is -2.14. The number of terminal acetylenes is 1. The van der Waals surface area contributed by atoms with Gasteiger partial charge in [0.05, 0.1) is 19.0 Å². The van der Waals surface area contributed by atoms with Gasteiger partial charge in [-0.2, -0.15) is 5.09 Å². The summed E-state index contributed by atoms with van der Waals surface area (Å²) in [5, 5.41) is 13.5. The number of rotatable bonds is 11. The third kappa shape index (κ3) is 6.40. The first kappa shape index (κ1) is 31.3. The Morgan fingerprint density at radius 2 is 2.00 bits per heavy atom. The van der Waals surface area contributed by atoms with Gasteiger partial charge >= 0.3 is 13.7 Å². The molecule has 6 atom stereocenters. The molecule has 1 aliphatic heterocycles. The van der Waals surface area contributed by atoms with Crippen LogP contribution >= 0.6 is 7.75 Å². The van der Waals surface area contributed by atoms with Gasteiger partial charge in [-0.05, 0) is 39.8 Å². The van der Waals surface area contributed by atoms with Crippen LogP contribution < -0.4 is 14.5 Å². The molecule has 1 saturated heterocycles. The number of alkyl halides is 1. The highest BCUT2D eigenvalue weighted by atomic mass is 31.2. The molecule has 0 bridgehead atoms. The highest BCUT2D eigenvalue weighted by Gasteiger charge is 2.58. The number of esters is 1. The van der Waals surface area contributed by atoms with E-state index in [1.807, 2.05) is 5.92 Å². The van der Waals surface area contributed by atoms with Gasteiger partial charge in [-0.25, -0.2) is 23.9 Å². The van der Waals surface area contributed by atoms with E-state index in [2.05, 4.69) is 20.0 Å². The molecule has 0 saturated carbocycles. The lowest BCUT2D eigenvalue weighted by atomic mass is 9.97. The maximum Gasteiger partial charge on any atom is 0.459 e. The number of nitrogens with zero attached hydrogens (tertiary/aromatic N) is 5. The summed E-state index contributed by atoms with van der Waals surface area (Å²) in [5.74, 6) is 2.37. The Balaban J connectivity index is 1.61. The number of ether oxygens (including phenoxy) is 2. The summed E-state index contributed by atoms with van der Waals surface area (Å²) >= 11 is 0. The summed E-state index contributed by atoms with van der Waals surface area (Å²) in [6.07, 6.45) is 1.57. The lowest BCUT2D eigenvalue weighted by Gasteiger charge is -2.25. The number of nitrogens with one attached hydrogen (secondary N) is 1. The summed E-state index contributed by atoms with van der Waals surface area (Å²) in [6, 6.07) is 6.99. The van der Waals surface area contributed by atoms with Crippen LogP contribution in [0, 0.1) is 19.3 Å². The summed E-state index contributed by atoms with van der Waals surface area (Å²) < 4.78 is 53.7. The van der Waals surface area contributed by atoms with Crippen LogP contribution in [0.25, 0.3) is 11.2 Å². The van der Waals surface area contributed by atoms with Crippen molar-refractivity contribution in [3.8, 4) is 18.1 Å². The number of aliphatic hydroxyl groups is 1. The molecule has 0 amide bonds. The molecular formula is C27H34FN6O7P. The van der Waals surface area contributed by atoms with Crippen LogP contribution in [0.5, 0.6) is 5.75 Å². The van der Waals surface area contributed by atoms with Crippen LogP contribution in [0.15, 0.2) is 36.7 Å². The molecule has 1 aliphatic rings. The van der Waals surface area contributed by atoms with Crippen molar-refractivity contribution in [1.82, 2.24) is 24.6 Å². The van der Waals surface area contributed by atoms with Gasteiger partial charge in [-0.3, -0.25) is 13.9 Å². The molecule has 0 aliphatic carbocycles. The van der Waals surface area contributed by atoms with E-state index in [9.17, 15) is 14.5 Å². The van der Waals surface area contributed by atoms with Crippen LogP contribution in [0.1, 0.15) is 32.8 Å². The number of hydrogen-bond acceptors (Lipinski definition) is 11. The second-order valence-corrected chi connectivity index (χ2v) is 11.9. The third-order valence-corrected chi connectivity index (χ3v) is 7.94. The first-order valence-electron chi connectivity index (χ1n) is 13.1. The van der Waals surface area contributed by atoms with Gasteiger partial charge in [-0.15, -0.1) is 6.42 Å². The highest BCUT2D eigenvalue weighted by molar-refractivity contribution is 7.52. The summed E-state index contributed by atoms with van der Waals surface area (Å²) in [6.45, 7) is 5.81. The number of carbonyl (C=O) groups is 1. The number of aryl methyl sites for hydroxylation is 1. The number of anilines is 1. The Labute approximate surface area is 242 Å². The second kappa shape index (κ2) is 12.3. The minimum atomic E-state index is -4.33. The van der Waals surface area contributed by atoms with E-state index in [4.69, 9.17) is 24.9 Å². The first-order valence-corrected chi connectivity index (χ1v) is 14.7. The third-order valence-electron chi connectivity index (χ3n) is 6.29. The molecule has 3 heterocycles. The van der Waals surface area contributed by atoms with E-state index in [-0.39, 0.29) is 11.4 Å². The number of aliphatic hydroxyl groups excluding tert-OH is 1. The zero-order chi connectivity index (χ0) is 30.8. The van der Waals surface area contributed by atoms with Crippen molar-refractivity contribution in [2.75, 3.05) is 25.6 Å². The first-order chi connectivity index (χ1) is 19.8. The molecule has 15 heteroatoms. The van der Waals surface area contributed by atoms with Crippen molar-refractivity contribution in [3.05, 3.63) is 42.5 Å². The molecule has 0 radical (unpaired) electrons. The number of hydrogen-bond donors (Lipinski definition) is 2. The van der Waals surface area contributed by atoms with Gasteiger partial charge in [0.15, 0.2) is 23.2 Å². The fourth-order valence-corrected chi connectivity index (χ4v) is 5.81. The van der Waals surface area contributed by atoms with E-state index in [1.165, 1.54) is 30.0 Å². The molecule has 0 unspecified atom stereocenters. The lowest BCUT2D eigenvalue weighted by molar-refractivity contribution is -0.149. The van der Waals surface area contributed by atoms with Gasteiger partial charge < -0.3 is 24.0 Å². The smallest absolute Gasteiger partial charge is 0.459 e. The van der Waals surface area contributed by atoms with E-state index in [0.717, 1.165) is 0 Å². The van der Waals surface area contributed by atoms with Crippen molar-refractivity contribution >= 4 is 30.7 Å². The Morgan fingerprint density at radius 3 is 2.62 bits per heavy atom. The van der Waals surface area contributed by atoms with Crippen LogP contribution in [-0.2, 0) is 23.4 Å². The molecule has 2 aromatic heterocycles. The maximum atomic E-state index is 16.3. The number of halogens is 1. The van der Waals surface area contributed by atoms with Gasteiger partial charge in [0, 0.05) is 14.1 Å². The molecule has 1 aromatic carbocycles. The van der Waals surface area contributed by atoms with Crippen molar-refractivity contribution in [2.45, 2.75) is 63.9 Å². The van der Waals surface area contributed by atoms with E-state index < -0.39 is 56.6 Å². The van der Waals surface area contributed by atoms with Crippen LogP contribution in [-0.4, -0.2) is 81.3 Å². The minimum absolute atomic E-state index is 0.170. The largest absolute Gasteiger partial charge is 0.462 e. The molecule has 13 nitrogen and oxygen atoms in total. The quantitative estimate of drug-likeness (QED) is 0.188. The van der Waals surface area contributed by atoms with E-state index in [1.54, 1.807) is 58.0 Å². The zero-order valence-corrected chi connectivity index (χ0v) is 25.0. The lowest BCUT2D eigenvalue weighted by Crippen LogP contribution is -2.42. The number of carbonyl (C=O) groups excluding carboxylic acids is 1. The van der Waals surface area contributed by atoms with Gasteiger partial charge in [0.25, 0.3) is 0 Å². The van der Waals surface area contributed by atoms with Crippen LogP contribution in [0.4, 0.5) is 10.2 Å². The number of fused-ring (bicyclic) bond motifs is 1. The standard InChI is InChI=1S/C27H34FN6O7P/c1-8-27(28)22(35)20(40-26(27)34-15-29-21-23(33(6)7)30-18(5)31-24(21)34)14-38-42(37,41-19-12-10-9-11-13-19)32-17(4)25(36)39-16(2)3/h1,9-13,15-17,20,22,26,35H,14H2,2-7H3,(H,32,37)/t17-,20-,22-,26-,27-,42+/m1/s1. The van der Waals surface area contributed by atoms with Crippen molar-refractivity contribution in [3.63, 3.8) is 0 Å². The fourth-order valence-electron chi connectivity index (χ4n) is 4.31. The Morgan fingerprint density at radius 1 is 1.31 bits per heavy atom. The van der Waals surface area contributed by atoms with Crippen molar-refractivity contribution in [2.24, 2.45) is 0 Å². The van der Waals surface area contributed by atoms with E-state index >= 15 is 4.39 Å². The zero-order valence-electron chi connectivity index (χ0n) is 24.1. The Bertz CT molecular complexity index is 1510. The number of imidazole rings is 1. The van der Waals surface area contributed by atoms with Crippen molar-refractivity contribution in [1.29, 1.82) is 0 Å². The van der Waals surface area contributed by atoms with Gasteiger partial charge in [0.2, 0.25) is 5.67 Å². The van der Waals surface area contributed by atoms with Gasteiger partial charge in [-0.1, -0.05) is 24.1 Å². The number of para-hydroxylation sites is 1. The predicted octanol–water partition coefficient (Wildman–Crippen LogP) is 2.93. The second-order valence-electron chi connectivity index (χ2n) is 10.2. The van der Waals surface area contributed by atoms with Crippen molar-refractivity contribution < 1.29 is 37.4 Å². The molecule has 4 rings (SSSR count). The molecular weight excluding hydrogens is 570 g/mol. The average Bonchev–Trinajstić information content (AvgIpc) is 3.45. The summed E-state index contributed by atoms with van der Waals surface area (Å²) in [4.78, 5) is 27.2. The van der Waals surface area contributed by atoms with E-state index in [0.29, 0.717) is 17.2 Å². The SMILES string of the molecule is C#C[C@@]1(F)[C@H](O)[C@@H](CO[P@@](=O)(N[C@H](C)C(=O)OC(C)C)Oc2ccccc2)O[C@H]1n1cnc2c(N(C)C)nc(C)nc21.